The van der Waals surface area contributed by atoms with Gasteiger partial charge in [-0.3, -0.25) is 0 Å². The number of aliphatic hydroxyl groups excluding tert-OH is 1. The van der Waals surface area contributed by atoms with Gasteiger partial charge in [-0.1, -0.05) is 0 Å². The van der Waals surface area contributed by atoms with E-state index in [1.54, 1.807) is 6.26 Å². The number of nitrogens with one attached hydrogen (secondary N) is 1. The minimum absolute atomic E-state index is 0.0530. The molecule has 6 heteroatoms. The van der Waals surface area contributed by atoms with E-state index in [-0.39, 0.29) is 18.8 Å². The summed E-state index contributed by atoms with van der Waals surface area (Å²) in [7, 11) is 0. The van der Waals surface area contributed by atoms with Crippen molar-refractivity contribution >= 4 is 16.9 Å². The molecular weight excluding hydrogens is 246 g/mol. The third-order valence-electron chi connectivity index (χ3n) is 3.38. The zero-order valence-corrected chi connectivity index (χ0v) is 10.8. The van der Waals surface area contributed by atoms with Crippen LogP contribution in [-0.2, 0) is 4.74 Å². The molecule has 0 radical (unpaired) electrons. The van der Waals surface area contributed by atoms with Crippen molar-refractivity contribution in [3.05, 3.63) is 18.2 Å². The van der Waals surface area contributed by atoms with Crippen molar-refractivity contribution in [2.45, 2.75) is 32.0 Å². The second-order valence-corrected chi connectivity index (χ2v) is 4.63. The minimum atomic E-state index is -0.0787. The van der Waals surface area contributed by atoms with Crippen molar-refractivity contribution < 1.29 is 14.3 Å². The van der Waals surface area contributed by atoms with Gasteiger partial charge in [0.05, 0.1) is 25.1 Å². The van der Waals surface area contributed by atoms with Crippen molar-refractivity contribution in [3.63, 3.8) is 0 Å². The molecule has 0 spiro atoms. The molecule has 0 saturated carbocycles. The summed E-state index contributed by atoms with van der Waals surface area (Å²) in [5.74, 6) is 0.704. The summed E-state index contributed by atoms with van der Waals surface area (Å²) >= 11 is 0. The van der Waals surface area contributed by atoms with E-state index in [9.17, 15) is 0 Å². The van der Waals surface area contributed by atoms with Crippen molar-refractivity contribution in [3.8, 4) is 0 Å². The quantitative estimate of drug-likeness (QED) is 0.876. The molecule has 1 aliphatic heterocycles. The fourth-order valence-corrected chi connectivity index (χ4v) is 2.46. The largest absolute Gasteiger partial charge is 0.458 e. The number of aromatic nitrogens is 2. The molecule has 2 N–H and O–H groups in total. The van der Waals surface area contributed by atoms with Gasteiger partial charge in [-0.2, -0.15) is 0 Å². The molecule has 19 heavy (non-hydrogen) atoms. The summed E-state index contributed by atoms with van der Waals surface area (Å²) in [6.45, 7) is 2.84. The maximum absolute atomic E-state index is 9.12. The number of furan rings is 1. The van der Waals surface area contributed by atoms with E-state index in [4.69, 9.17) is 14.3 Å². The Hall–Kier alpha value is -1.66. The normalized spacial score (nSPS) is 23.1. The lowest BCUT2D eigenvalue weighted by molar-refractivity contribution is 0.0112. The third kappa shape index (κ3) is 2.17. The molecule has 0 aliphatic carbocycles. The number of hydrogen-bond acceptors (Lipinski definition) is 6. The first-order chi connectivity index (χ1) is 9.33. The van der Waals surface area contributed by atoms with Crippen LogP contribution >= 0.6 is 0 Å². The molecule has 2 aromatic rings. The van der Waals surface area contributed by atoms with E-state index in [2.05, 4.69) is 15.3 Å². The standard InChI is InChI=1S/C13H17N3O3/c1-2-14-13-12-11(15-7-16-13)9(6-18-12)10-4-3-8(5-17)19-10/h6-8,10,17H,2-5H2,1H3,(H,14,15,16)/t8-,10+/m0/s1. The number of ether oxygens (including phenoxy) is 1. The van der Waals surface area contributed by atoms with Gasteiger partial charge in [0.2, 0.25) is 0 Å². The Kier molecular flexibility index (Phi) is 3.35. The molecule has 2 aromatic heterocycles. The van der Waals surface area contributed by atoms with Gasteiger partial charge >= 0.3 is 0 Å². The summed E-state index contributed by atoms with van der Waals surface area (Å²) in [6, 6.07) is 0. The highest BCUT2D eigenvalue weighted by Crippen LogP contribution is 2.37. The zero-order valence-electron chi connectivity index (χ0n) is 10.8. The van der Waals surface area contributed by atoms with Crippen LogP contribution in [0.3, 0.4) is 0 Å². The maximum atomic E-state index is 9.12. The lowest BCUT2D eigenvalue weighted by Gasteiger charge is -2.10. The van der Waals surface area contributed by atoms with Crippen molar-refractivity contribution in [1.29, 1.82) is 0 Å². The molecule has 3 heterocycles. The van der Waals surface area contributed by atoms with Crippen molar-refractivity contribution in [2.75, 3.05) is 18.5 Å². The van der Waals surface area contributed by atoms with Crippen LogP contribution in [0.15, 0.2) is 17.0 Å². The number of nitrogens with zero attached hydrogens (tertiary/aromatic N) is 2. The molecule has 1 aliphatic rings. The minimum Gasteiger partial charge on any atom is -0.458 e. The smallest absolute Gasteiger partial charge is 0.194 e. The van der Waals surface area contributed by atoms with Crippen molar-refractivity contribution in [1.82, 2.24) is 9.97 Å². The molecule has 1 saturated heterocycles. The molecule has 2 atom stereocenters. The monoisotopic (exact) mass is 263 g/mol. The van der Waals surface area contributed by atoms with Gasteiger partial charge in [0.15, 0.2) is 11.4 Å². The van der Waals surface area contributed by atoms with Crippen LogP contribution in [-0.4, -0.2) is 34.3 Å². The Bertz CT molecular complexity index is 569. The average molecular weight is 263 g/mol. The number of rotatable bonds is 4. The summed E-state index contributed by atoms with van der Waals surface area (Å²) < 4.78 is 11.4. The van der Waals surface area contributed by atoms with E-state index in [1.807, 2.05) is 6.92 Å². The predicted molar refractivity (Wildman–Crippen MR) is 69.9 cm³/mol. The number of anilines is 1. The molecular formula is C13H17N3O3. The van der Waals surface area contributed by atoms with Gasteiger partial charge in [0.1, 0.15) is 11.8 Å². The highest BCUT2D eigenvalue weighted by molar-refractivity contribution is 5.86. The average Bonchev–Trinajstić information content (AvgIpc) is 3.05. The van der Waals surface area contributed by atoms with Gasteiger partial charge in [-0.05, 0) is 19.8 Å². The van der Waals surface area contributed by atoms with Crippen LogP contribution in [0.5, 0.6) is 0 Å². The van der Waals surface area contributed by atoms with E-state index in [1.165, 1.54) is 6.33 Å². The number of hydrogen-bond donors (Lipinski definition) is 2. The molecule has 1 fully saturated rings. The SMILES string of the molecule is CCNc1ncnc2c([C@H]3CC[C@@H](CO)O3)coc12. The maximum Gasteiger partial charge on any atom is 0.194 e. The first kappa shape index (κ1) is 12.4. The Morgan fingerprint density at radius 2 is 2.32 bits per heavy atom. The predicted octanol–water partition coefficient (Wildman–Crippen LogP) is 1.87. The highest BCUT2D eigenvalue weighted by Gasteiger charge is 2.29. The fourth-order valence-electron chi connectivity index (χ4n) is 2.46. The second kappa shape index (κ2) is 5.14. The lowest BCUT2D eigenvalue weighted by atomic mass is 10.1. The number of fused-ring (bicyclic) bond motifs is 1. The van der Waals surface area contributed by atoms with Crippen LogP contribution in [0.1, 0.15) is 31.4 Å². The summed E-state index contributed by atoms with van der Waals surface area (Å²) in [5, 5.41) is 12.3. The summed E-state index contributed by atoms with van der Waals surface area (Å²) in [4.78, 5) is 8.46. The second-order valence-electron chi connectivity index (χ2n) is 4.63. The highest BCUT2D eigenvalue weighted by atomic mass is 16.5. The van der Waals surface area contributed by atoms with Gasteiger partial charge in [0, 0.05) is 12.1 Å². The first-order valence-electron chi connectivity index (χ1n) is 6.55. The van der Waals surface area contributed by atoms with Crippen LogP contribution < -0.4 is 5.32 Å². The van der Waals surface area contributed by atoms with Gasteiger partial charge in [-0.25, -0.2) is 9.97 Å². The Morgan fingerprint density at radius 1 is 1.42 bits per heavy atom. The third-order valence-corrected chi connectivity index (χ3v) is 3.38. The molecule has 6 nitrogen and oxygen atoms in total. The van der Waals surface area contributed by atoms with Crippen LogP contribution in [0.25, 0.3) is 11.1 Å². The summed E-state index contributed by atoms with van der Waals surface area (Å²) in [6.07, 6.45) is 4.81. The van der Waals surface area contributed by atoms with Gasteiger partial charge in [0.25, 0.3) is 0 Å². The Morgan fingerprint density at radius 3 is 3.05 bits per heavy atom. The van der Waals surface area contributed by atoms with E-state index in [0.29, 0.717) is 11.4 Å². The van der Waals surface area contributed by atoms with Gasteiger partial charge < -0.3 is 19.6 Å². The summed E-state index contributed by atoms with van der Waals surface area (Å²) in [5.41, 5.74) is 2.39. The lowest BCUT2D eigenvalue weighted by Crippen LogP contribution is -2.11. The van der Waals surface area contributed by atoms with E-state index < -0.39 is 0 Å². The van der Waals surface area contributed by atoms with E-state index in [0.717, 1.165) is 30.5 Å². The molecule has 102 valence electrons. The first-order valence-corrected chi connectivity index (χ1v) is 6.55. The van der Waals surface area contributed by atoms with Gasteiger partial charge in [-0.15, -0.1) is 0 Å². The molecule has 3 rings (SSSR count). The molecule has 0 bridgehead atoms. The van der Waals surface area contributed by atoms with Crippen LogP contribution in [0, 0.1) is 0 Å². The molecule has 0 aromatic carbocycles. The fraction of sp³-hybridized carbons (Fsp3) is 0.538. The number of aliphatic hydroxyl groups is 1. The Labute approximate surface area is 110 Å². The van der Waals surface area contributed by atoms with Crippen molar-refractivity contribution in [2.24, 2.45) is 0 Å². The molecule has 0 unspecified atom stereocenters. The molecule has 0 amide bonds. The van der Waals surface area contributed by atoms with Crippen LogP contribution in [0.2, 0.25) is 0 Å². The topological polar surface area (TPSA) is 80.4 Å². The van der Waals surface area contributed by atoms with E-state index >= 15 is 0 Å². The van der Waals surface area contributed by atoms with Crippen LogP contribution in [0.4, 0.5) is 5.82 Å². The zero-order chi connectivity index (χ0) is 13.2. The Balaban J connectivity index is 1.95.